The minimum Gasteiger partial charge on any atom is -0.395 e. The third-order valence-corrected chi connectivity index (χ3v) is 3.70. The Morgan fingerprint density at radius 1 is 1.27 bits per heavy atom. The number of hydrogen-bond acceptors (Lipinski definition) is 4. The lowest BCUT2D eigenvalue weighted by atomic mass is 9.99. The molecule has 1 aliphatic carbocycles. The maximum absolute atomic E-state index is 10.3. The topological polar surface area (TPSA) is 55.7 Å². The van der Waals surface area contributed by atoms with E-state index < -0.39 is 5.60 Å². The Hall–Kier alpha value is -0.160. The van der Waals surface area contributed by atoms with Crippen LogP contribution in [0.15, 0.2) is 0 Å². The molecule has 0 aromatic carbocycles. The first-order valence-electron chi connectivity index (χ1n) is 6.01. The van der Waals surface area contributed by atoms with Crippen LogP contribution < -0.4 is 5.32 Å². The van der Waals surface area contributed by atoms with Gasteiger partial charge in [-0.05, 0) is 12.8 Å². The Bertz CT molecular complexity index is 201. The fourth-order valence-electron chi connectivity index (χ4n) is 2.62. The molecule has 0 bridgehead atoms. The van der Waals surface area contributed by atoms with Gasteiger partial charge in [-0.3, -0.25) is 4.90 Å². The second-order valence-electron chi connectivity index (χ2n) is 4.94. The summed E-state index contributed by atoms with van der Waals surface area (Å²) < 4.78 is 0. The van der Waals surface area contributed by atoms with Gasteiger partial charge < -0.3 is 15.5 Å². The Morgan fingerprint density at radius 2 is 1.93 bits per heavy atom. The highest BCUT2D eigenvalue weighted by atomic mass is 16.3. The number of nitrogens with one attached hydrogen (secondary N) is 1. The molecule has 0 unspecified atom stereocenters. The van der Waals surface area contributed by atoms with Gasteiger partial charge in [0.15, 0.2) is 0 Å². The minimum atomic E-state index is -0.481. The molecule has 15 heavy (non-hydrogen) atoms. The summed E-state index contributed by atoms with van der Waals surface area (Å²) in [5.74, 6) is 0. The summed E-state index contributed by atoms with van der Waals surface area (Å²) in [5.41, 5.74) is -0.481. The standard InChI is InChI=1S/C11H22N2O2/c14-6-5-13(10-7-12-8-10)9-11(15)3-1-2-4-11/h10,12,14-15H,1-9H2. The first kappa shape index (κ1) is 11.3. The summed E-state index contributed by atoms with van der Waals surface area (Å²) in [6.07, 6.45) is 4.14. The fourth-order valence-corrected chi connectivity index (χ4v) is 2.62. The zero-order chi connectivity index (χ0) is 10.7. The molecule has 4 nitrogen and oxygen atoms in total. The highest BCUT2D eigenvalue weighted by Gasteiger charge is 2.36. The molecule has 1 saturated heterocycles. The molecule has 0 spiro atoms. The van der Waals surface area contributed by atoms with Crippen LogP contribution in [0.25, 0.3) is 0 Å². The van der Waals surface area contributed by atoms with E-state index in [1.807, 2.05) is 0 Å². The zero-order valence-electron chi connectivity index (χ0n) is 9.28. The number of aliphatic hydroxyl groups excluding tert-OH is 1. The van der Waals surface area contributed by atoms with Crippen LogP contribution in [0.3, 0.4) is 0 Å². The van der Waals surface area contributed by atoms with Crippen molar-refractivity contribution in [3.8, 4) is 0 Å². The summed E-state index contributed by atoms with van der Waals surface area (Å²) in [4.78, 5) is 2.24. The van der Waals surface area contributed by atoms with E-state index in [1.165, 1.54) is 0 Å². The first-order valence-corrected chi connectivity index (χ1v) is 6.01. The van der Waals surface area contributed by atoms with Gasteiger partial charge in [0.2, 0.25) is 0 Å². The van der Waals surface area contributed by atoms with Crippen LogP contribution in [0.1, 0.15) is 25.7 Å². The Morgan fingerprint density at radius 3 is 2.40 bits per heavy atom. The van der Waals surface area contributed by atoms with E-state index in [-0.39, 0.29) is 6.61 Å². The van der Waals surface area contributed by atoms with Gasteiger partial charge in [-0.2, -0.15) is 0 Å². The average Bonchev–Trinajstić information content (AvgIpc) is 2.49. The van der Waals surface area contributed by atoms with E-state index in [0.29, 0.717) is 12.6 Å². The average molecular weight is 214 g/mol. The van der Waals surface area contributed by atoms with Crippen molar-refractivity contribution in [3.63, 3.8) is 0 Å². The van der Waals surface area contributed by atoms with Crippen LogP contribution in [0.2, 0.25) is 0 Å². The molecule has 2 aliphatic rings. The lowest BCUT2D eigenvalue weighted by Crippen LogP contribution is -2.60. The van der Waals surface area contributed by atoms with Crippen LogP contribution in [-0.2, 0) is 0 Å². The van der Waals surface area contributed by atoms with Gasteiger partial charge in [0.1, 0.15) is 0 Å². The third kappa shape index (κ3) is 2.69. The quantitative estimate of drug-likeness (QED) is 0.580. The summed E-state index contributed by atoms with van der Waals surface area (Å²) in [6.45, 7) is 3.60. The van der Waals surface area contributed by atoms with Crippen LogP contribution in [-0.4, -0.2) is 59.5 Å². The maximum atomic E-state index is 10.3. The van der Waals surface area contributed by atoms with Gasteiger partial charge in [0.25, 0.3) is 0 Å². The Balaban J connectivity index is 1.86. The Kier molecular flexibility index (Phi) is 3.61. The molecule has 3 N–H and O–H groups in total. The zero-order valence-corrected chi connectivity index (χ0v) is 9.28. The van der Waals surface area contributed by atoms with E-state index in [4.69, 9.17) is 5.11 Å². The summed E-state index contributed by atoms with van der Waals surface area (Å²) in [7, 11) is 0. The highest BCUT2D eigenvalue weighted by molar-refractivity contribution is 4.92. The second kappa shape index (κ2) is 4.78. The molecule has 0 aromatic rings. The van der Waals surface area contributed by atoms with E-state index in [9.17, 15) is 5.11 Å². The predicted octanol–water partition coefficient (Wildman–Crippen LogP) is -0.442. The number of aliphatic hydroxyl groups is 2. The van der Waals surface area contributed by atoms with E-state index >= 15 is 0 Å². The molecular formula is C11H22N2O2. The lowest BCUT2D eigenvalue weighted by molar-refractivity contribution is -0.0158. The highest BCUT2D eigenvalue weighted by Crippen LogP contribution is 2.30. The fraction of sp³-hybridized carbons (Fsp3) is 1.00. The van der Waals surface area contributed by atoms with Crippen molar-refractivity contribution in [2.75, 3.05) is 32.8 Å². The monoisotopic (exact) mass is 214 g/mol. The second-order valence-corrected chi connectivity index (χ2v) is 4.94. The molecule has 0 atom stereocenters. The maximum Gasteiger partial charge on any atom is 0.0774 e. The van der Waals surface area contributed by atoms with Crippen LogP contribution in [0.4, 0.5) is 0 Å². The summed E-state index contributed by atoms with van der Waals surface area (Å²) >= 11 is 0. The van der Waals surface area contributed by atoms with Crippen LogP contribution in [0.5, 0.6) is 0 Å². The largest absolute Gasteiger partial charge is 0.395 e. The molecule has 88 valence electrons. The van der Waals surface area contributed by atoms with Crippen molar-refractivity contribution in [3.05, 3.63) is 0 Å². The van der Waals surface area contributed by atoms with Crippen LogP contribution in [0, 0.1) is 0 Å². The summed E-state index contributed by atoms with van der Waals surface area (Å²) in [6, 6.07) is 0.516. The van der Waals surface area contributed by atoms with Crippen molar-refractivity contribution in [2.45, 2.75) is 37.3 Å². The third-order valence-electron chi connectivity index (χ3n) is 3.70. The normalized spacial score (nSPS) is 25.8. The predicted molar refractivity (Wildman–Crippen MR) is 58.7 cm³/mol. The Labute approximate surface area is 91.3 Å². The van der Waals surface area contributed by atoms with Crippen molar-refractivity contribution in [1.82, 2.24) is 10.2 Å². The minimum absolute atomic E-state index is 0.187. The van der Waals surface area contributed by atoms with Gasteiger partial charge in [-0.25, -0.2) is 0 Å². The molecule has 1 heterocycles. The van der Waals surface area contributed by atoms with Crippen molar-refractivity contribution >= 4 is 0 Å². The van der Waals surface area contributed by atoms with Gasteiger partial charge in [0.05, 0.1) is 12.2 Å². The van der Waals surface area contributed by atoms with E-state index in [1.54, 1.807) is 0 Å². The molecule has 1 aliphatic heterocycles. The van der Waals surface area contributed by atoms with Gasteiger partial charge in [0, 0.05) is 32.2 Å². The SMILES string of the molecule is OCCN(CC1(O)CCCC1)C1CNC1. The summed E-state index contributed by atoms with van der Waals surface area (Å²) in [5, 5.41) is 22.6. The molecular weight excluding hydrogens is 192 g/mol. The lowest BCUT2D eigenvalue weighted by Gasteiger charge is -2.41. The van der Waals surface area contributed by atoms with E-state index in [2.05, 4.69) is 10.2 Å². The van der Waals surface area contributed by atoms with Crippen molar-refractivity contribution in [1.29, 1.82) is 0 Å². The smallest absolute Gasteiger partial charge is 0.0774 e. The molecule has 0 radical (unpaired) electrons. The van der Waals surface area contributed by atoms with Crippen molar-refractivity contribution < 1.29 is 10.2 Å². The molecule has 2 fully saturated rings. The number of hydrogen-bond donors (Lipinski definition) is 3. The van der Waals surface area contributed by atoms with Crippen molar-refractivity contribution in [2.24, 2.45) is 0 Å². The van der Waals surface area contributed by atoms with Gasteiger partial charge in [-0.1, -0.05) is 12.8 Å². The molecule has 2 rings (SSSR count). The number of rotatable bonds is 5. The molecule has 0 amide bonds. The van der Waals surface area contributed by atoms with E-state index in [0.717, 1.165) is 45.3 Å². The first-order chi connectivity index (χ1) is 7.23. The molecule has 1 saturated carbocycles. The molecule has 0 aromatic heterocycles. The van der Waals surface area contributed by atoms with Crippen LogP contribution >= 0.6 is 0 Å². The van der Waals surface area contributed by atoms with Gasteiger partial charge >= 0.3 is 0 Å². The van der Waals surface area contributed by atoms with Gasteiger partial charge in [-0.15, -0.1) is 0 Å². The number of nitrogens with zero attached hydrogens (tertiary/aromatic N) is 1. The molecule has 4 heteroatoms.